The zero-order chi connectivity index (χ0) is 36.2. The lowest BCUT2D eigenvalue weighted by molar-refractivity contribution is -0.132. The van der Waals surface area contributed by atoms with Crippen molar-refractivity contribution in [2.45, 2.75) is 22.7 Å². The first-order valence-electron chi connectivity index (χ1n) is 16.2. The van der Waals surface area contributed by atoms with Gasteiger partial charge < -0.3 is 24.1 Å². The molecule has 1 N–H and O–H groups in total. The van der Waals surface area contributed by atoms with Crippen molar-refractivity contribution >= 4 is 56.5 Å². The van der Waals surface area contributed by atoms with Crippen molar-refractivity contribution in [3.63, 3.8) is 0 Å². The number of ketones is 1. The van der Waals surface area contributed by atoms with E-state index < -0.39 is 17.7 Å². The summed E-state index contributed by atoms with van der Waals surface area (Å²) in [6.45, 7) is 0.304. The number of thioether (sulfide) groups is 1. The molecule has 1 aliphatic rings. The minimum Gasteiger partial charge on any atom is -0.507 e. The lowest BCUT2D eigenvalue weighted by Crippen LogP contribution is -2.29. The number of aromatic nitrogens is 2. The molecule has 10 nitrogen and oxygen atoms in total. The first kappa shape index (κ1) is 34.6. The minimum absolute atomic E-state index is 0.127. The molecule has 0 bridgehead atoms. The van der Waals surface area contributed by atoms with E-state index in [0.29, 0.717) is 45.3 Å². The smallest absolute Gasteiger partial charge is 0.301 e. The fourth-order valence-electron chi connectivity index (χ4n) is 6.11. The van der Waals surface area contributed by atoms with Crippen LogP contribution in [0.5, 0.6) is 23.0 Å². The molecule has 0 aliphatic carbocycles. The van der Waals surface area contributed by atoms with Crippen LogP contribution < -0.4 is 23.8 Å². The van der Waals surface area contributed by atoms with E-state index in [-0.39, 0.29) is 22.0 Å². The maximum Gasteiger partial charge on any atom is 0.301 e. The third kappa shape index (κ3) is 6.78. The predicted molar refractivity (Wildman–Crippen MR) is 202 cm³/mol. The van der Waals surface area contributed by atoms with Gasteiger partial charge in [-0.3, -0.25) is 14.5 Å². The number of fused-ring (bicyclic) bond motifs is 1. The number of aliphatic hydroxyl groups is 1. The van der Waals surface area contributed by atoms with Crippen LogP contribution in [-0.2, 0) is 21.9 Å². The lowest BCUT2D eigenvalue weighted by Gasteiger charge is -2.23. The molecule has 0 saturated carbocycles. The first-order chi connectivity index (χ1) is 25.4. The second-order valence-electron chi connectivity index (χ2n) is 11.7. The average Bonchev–Trinajstić information content (AvgIpc) is 3.77. The molecule has 2 heterocycles. The van der Waals surface area contributed by atoms with Crippen LogP contribution in [0.2, 0.25) is 0 Å². The topological polar surface area (TPSA) is 120 Å². The highest BCUT2D eigenvalue weighted by Crippen LogP contribution is 2.46. The molecule has 0 unspecified atom stereocenters. The number of ether oxygens (including phenoxy) is 4. The number of rotatable bonds is 12. The third-order valence-electron chi connectivity index (χ3n) is 8.67. The van der Waals surface area contributed by atoms with Gasteiger partial charge in [-0.15, -0.1) is 10.2 Å². The van der Waals surface area contributed by atoms with Crippen molar-refractivity contribution in [3.8, 4) is 23.0 Å². The number of amides is 1. The molecule has 1 amide bonds. The summed E-state index contributed by atoms with van der Waals surface area (Å²) >= 11 is 2.68. The molecule has 0 spiro atoms. The van der Waals surface area contributed by atoms with Crippen molar-refractivity contribution in [1.82, 2.24) is 10.2 Å². The molecule has 52 heavy (non-hydrogen) atoms. The van der Waals surface area contributed by atoms with Crippen molar-refractivity contribution in [2.75, 3.05) is 26.2 Å². The van der Waals surface area contributed by atoms with Crippen LogP contribution in [0.25, 0.3) is 16.5 Å². The summed E-state index contributed by atoms with van der Waals surface area (Å²) in [6.07, 6.45) is 0. The van der Waals surface area contributed by atoms with Crippen LogP contribution in [0, 0.1) is 0 Å². The van der Waals surface area contributed by atoms with E-state index in [0.717, 1.165) is 21.9 Å². The second-order valence-corrected chi connectivity index (χ2v) is 13.9. The van der Waals surface area contributed by atoms with Gasteiger partial charge in [0.1, 0.15) is 12.4 Å². The molecule has 0 radical (unpaired) electrons. The molecule has 1 aliphatic heterocycles. The number of nitrogens with zero attached hydrogens (tertiary/aromatic N) is 3. The van der Waals surface area contributed by atoms with Crippen molar-refractivity contribution in [2.24, 2.45) is 0 Å². The van der Waals surface area contributed by atoms with E-state index in [1.165, 1.54) is 49.3 Å². The molecule has 12 heteroatoms. The van der Waals surface area contributed by atoms with Gasteiger partial charge in [-0.25, -0.2) is 0 Å². The van der Waals surface area contributed by atoms with E-state index >= 15 is 0 Å². The monoisotopic (exact) mass is 731 g/mol. The Morgan fingerprint density at radius 1 is 0.788 bits per heavy atom. The Bertz CT molecular complexity index is 2300. The second kappa shape index (κ2) is 15.2. The van der Waals surface area contributed by atoms with E-state index in [1.54, 1.807) is 36.4 Å². The normalized spacial score (nSPS) is 15.2. The highest BCUT2D eigenvalue weighted by atomic mass is 32.2. The molecule has 262 valence electrons. The SMILES string of the molecule is COc1ccc(C(O)=C2C(=O)C(=O)N(c3nnc(SCc4cccc5ccccc45)s3)[C@@H]2c2ccc(OCc3ccccc3)c(OC)c2)cc1OC. The summed E-state index contributed by atoms with van der Waals surface area (Å²) < 4.78 is 23.2. The van der Waals surface area contributed by atoms with Crippen molar-refractivity contribution in [3.05, 3.63) is 137 Å². The van der Waals surface area contributed by atoms with Gasteiger partial charge in [0.25, 0.3) is 5.78 Å². The predicted octanol–water partition coefficient (Wildman–Crippen LogP) is 8.21. The number of Topliss-reactive ketones (excluding diaryl/α,β-unsaturated/α-hetero) is 1. The Morgan fingerprint density at radius 2 is 1.50 bits per heavy atom. The number of hydrogen-bond donors (Lipinski definition) is 1. The van der Waals surface area contributed by atoms with Gasteiger partial charge in [-0.2, -0.15) is 0 Å². The maximum atomic E-state index is 13.9. The molecule has 1 aromatic heterocycles. The molecule has 7 rings (SSSR count). The number of carbonyl (C=O) groups excluding carboxylic acids is 2. The first-order valence-corrected chi connectivity index (χ1v) is 18.0. The lowest BCUT2D eigenvalue weighted by atomic mass is 9.95. The molecule has 1 saturated heterocycles. The van der Waals surface area contributed by atoms with E-state index in [1.807, 2.05) is 48.5 Å². The molecule has 6 aromatic rings. The van der Waals surface area contributed by atoms with Gasteiger partial charge in [0.2, 0.25) is 5.13 Å². The number of hydrogen-bond acceptors (Lipinski definition) is 11. The number of methoxy groups -OCH3 is 3. The minimum atomic E-state index is -1.07. The Hall–Kier alpha value is -5.85. The summed E-state index contributed by atoms with van der Waals surface area (Å²) in [5.41, 5.74) is 2.74. The van der Waals surface area contributed by atoms with Gasteiger partial charge in [0, 0.05) is 11.3 Å². The number of benzene rings is 5. The Kier molecular flexibility index (Phi) is 10.1. The quantitative estimate of drug-likeness (QED) is 0.0434. The third-order valence-corrected chi connectivity index (χ3v) is 10.8. The summed E-state index contributed by atoms with van der Waals surface area (Å²) in [4.78, 5) is 29.1. The van der Waals surface area contributed by atoms with Crippen molar-refractivity contribution < 1.29 is 33.6 Å². The maximum absolute atomic E-state index is 13.9. The van der Waals surface area contributed by atoms with Crippen LogP contribution in [0.4, 0.5) is 5.13 Å². The van der Waals surface area contributed by atoms with Gasteiger partial charge in [0.05, 0.1) is 32.9 Å². The van der Waals surface area contributed by atoms with Gasteiger partial charge in [-0.05, 0) is 57.8 Å². The van der Waals surface area contributed by atoms with Gasteiger partial charge in [0.15, 0.2) is 27.3 Å². The van der Waals surface area contributed by atoms with Crippen LogP contribution in [0.3, 0.4) is 0 Å². The highest BCUT2D eigenvalue weighted by Gasteiger charge is 2.48. The number of anilines is 1. The van der Waals surface area contributed by atoms with Crippen LogP contribution in [0.15, 0.2) is 119 Å². The molecule has 1 fully saturated rings. The fraction of sp³-hybridized carbons (Fsp3) is 0.150. The van der Waals surface area contributed by atoms with Gasteiger partial charge >= 0.3 is 5.91 Å². The number of carbonyl (C=O) groups is 2. The van der Waals surface area contributed by atoms with Crippen LogP contribution >= 0.6 is 23.1 Å². The Balaban J connectivity index is 1.27. The molecule has 1 atom stereocenters. The zero-order valence-corrected chi connectivity index (χ0v) is 30.1. The summed E-state index contributed by atoms with van der Waals surface area (Å²) in [7, 11) is 4.49. The fourth-order valence-corrected chi connectivity index (χ4v) is 7.98. The van der Waals surface area contributed by atoms with Crippen LogP contribution in [-0.4, -0.2) is 48.3 Å². The summed E-state index contributed by atoms with van der Waals surface area (Å²) in [5.74, 6) is 0.149. The Morgan fingerprint density at radius 3 is 2.29 bits per heavy atom. The van der Waals surface area contributed by atoms with Crippen molar-refractivity contribution in [1.29, 1.82) is 0 Å². The molecular weight excluding hydrogens is 699 g/mol. The summed E-state index contributed by atoms with van der Waals surface area (Å²) in [5, 5.41) is 23.0. The average molecular weight is 732 g/mol. The van der Waals surface area contributed by atoms with Gasteiger partial charge in [-0.1, -0.05) is 102 Å². The summed E-state index contributed by atoms with van der Waals surface area (Å²) in [6, 6.07) is 32.9. The standard InChI is InChI=1S/C40H33N3O7S2/c1-47-30-18-17-27(21-32(30)48-2)36(44)34-35(26-16-19-31(33(20-26)49-3)50-22-24-10-5-4-6-11-24)43(38(46)37(34)45)39-41-42-40(52-39)51-23-28-14-9-13-25-12-7-8-15-29(25)28/h4-21,35,44H,22-23H2,1-3H3/t35-/m1/s1. The largest absolute Gasteiger partial charge is 0.507 e. The van der Waals surface area contributed by atoms with E-state index in [4.69, 9.17) is 18.9 Å². The highest BCUT2D eigenvalue weighted by molar-refractivity contribution is 8.00. The zero-order valence-electron chi connectivity index (χ0n) is 28.4. The van der Waals surface area contributed by atoms with E-state index in [9.17, 15) is 14.7 Å². The van der Waals surface area contributed by atoms with E-state index in [2.05, 4.69) is 34.5 Å². The number of aliphatic hydroxyl groups excluding tert-OH is 1. The Labute approximate surface area is 308 Å². The molecule has 5 aromatic carbocycles. The molecular formula is C40H33N3O7S2. The van der Waals surface area contributed by atoms with Crippen LogP contribution in [0.1, 0.15) is 28.3 Å².